The average Bonchev–Trinajstić information content (AvgIpc) is 2.66. The minimum Gasteiger partial charge on any atom is -0.494 e. The van der Waals surface area contributed by atoms with Crippen LogP contribution in [-0.2, 0) is 14.8 Å². The van der Waals surface area contributed by atoms with Crippen LogP contribution >= 0.6 is 0 Å². The molecule has 0 radical (unpaired) electrons. The van der Waals surface area contributed by atoms with Crippen molar-refractivity contribution >= 4 is 33.3 Å². The Morgan fingerprint density at radius 1 is 1.09 bits per heavy atom. The van der Waals surface area contributed by atoms with Gasteiger partial charge in [0, 0.05) is 30.3 Å². The zero-order valence-electron chi connectivity index (χ0n) is 18.6. The van der Waals surface area contributed by atoms with Crippen LogP contribution in [0.5, 0.6) is 5.75 Å². The molecule has 4 N–H and O–H groups in total. The van der Waals surface area contributed by atoms with Gasteiger partial charge in [0.15, 0.2) is 0 Å². The molecule has 0 unspecified atom stereocenters. The van der Waals surface area contributed by atoms with Gasteiger partial charge in [0.05, 0.1) is 19.1 Å². The molecule has 5 rings (SSSR count). The molecule has 32 heavy (non-hydrogen) atoms. The van der Waals surface area contributed by atoms with Crippen LogP contribution in [0, 0.1) is 17.8 Å². The predicted molar refractivity (Wildman–Crippen MR) is 122 cm³/mol. The number of hydrogen-bond acceptors (Lipinski definition) is 5. The largest absolute Gasteiger partial charge is 0.494 e. The van der Waals surface area contributed by atoms with Crippen molar-refractivity contribution in [1.82, 2.24) is 10.6 Å². The highest BCUT2D eigenvalue weighted by Gasteiger charge is 2.51. The van der Waals surface area contributed by atoms with E-state index in [1.54, 1.807) is 12.1 Å². The highest BCUT2D eigenvalue weighted by Crippen LogP contribution is 2.55. The minimum atomic E-state index is -3.45. The van der Waals surface area contributed by atoms with Gasteiger partial charge in [-0.3, -0.25) is 9.52 Å². The van der Waals surface area contributed by atoms with E-state index >= 15 is 0 Å². The number of nitrogens with one attached hydrogen (secondary N) is 4. The summed E-state index contributed by atoms with van der Waals surface area (Å²) in [5.74, 6) is 2.29. The highest BCUT2D eigenvalue weighted by atomic mass is 32.2. The van der Waals surface area contributed by atoms with Crippen molar-refractivity contribution in [3.63, 3.8) is 0 Å². The molecule has 9 nitrogen and oxygen atoms in total. The smallest absolute Gasteiger partial charge is 0.315 e. The lowest BCUT2D eigenvalue weighted by Gasteiger charge is -2.56. The summed E-state index contributed by atoms with van der Waals surface area (Å²) >= 11 is 0. The molecule has 0 spiro atoms. The second-order valence-corrected chi connectivity index (χ2v) is 11.4. The van der Waals surface area contributed by atoms with E-state index < -0.39 is 10.0 Å². The van der Waals surface area contributed by atoms with Crippen LogP contribution in [0.2, 0.25) is 0 Å². The number of anilines is 2. The number of amides is 3. The molecule has 0 saturated heterocycles. The summed E-state index contributed by atoms with van der Waals surface area (Å²) < 4.78 is 30.4. The second-order valence-electron chi connectivity index (χ2n) is 9.67. The van der Waals surface area contributed by atoms with Gasteiger partial charge < -0.3 is 20.7 Å². The molecule has 0 aliphatic heterocycles. The number of benzene rings is 1. The van der Waals surface area contributed by atoms with Gasteiger partial charge in [-0.2, -0.15) is 0 Å². The molecule has 4 aliphatic carbocycles. The van der Waals surface area contributed by atoms with E-state index in [1.165, 1.54) is 32.4 Å². The van der Waals surface area contributed by atoms with E-state index in [9.17, 15) is 18.0 Å². The van der Waals surface area contributed by atoms with Gasteiger partial charge >= 0.3 is 6.03 Å². The number of methoxy groups -OCH3 is 1. The van der Waals surface area contributed by atoms with Crippen LogP contribution in [0.4, 0.5) is 16.2 Å². The van der Waals surface area contributed by atoms with E-state index in [0.29, 0.717) is 11.4 Å². The monoisotopic (exact) mass is 464 g/mol. The predicted octanol–water partition coefficient (Wildman–Crippen LogP) is 2.66. The number of urea groups is 1. The first-order valence-electron chi connectivity index (χ1n) is 11.1. The summed E-state index contributed by atoms with van der Waals surface area (Å²) in [5.41, 5.74) is 0.708. The van der Waals surface area contributed by atoms with E-state index in [2.05, 4.69) is 20.7 Å². The molecular weight excluding hydrogens is 432 g/mol. The number of hydrogen-bond donors (Lipinski definition) is 4. The summed E-state index contributed by atoms with van der Waals surface area (Å²) in [6.07, 6.45) is 8.38. The lowest BCUT2D eigenvalue weighted by atomic mass is 9.53. The SMILES string of the molecule is COc1cc(NC(=O)CCNC(=O)NC23CC4CC(CC(C4)C2)C3)ccc1NS(C)(=O)=O. The van der Waals surface area contributed by atoms with E-state index in [4.69, 9.17) is 4.74 Å². The van der Waals surface area contributed by atoms with Crippen LogP contribution < -0.4 is 25.4 Å². The number of rotatable bonds is 8. The lowest BCUT2D eigenvalue weighted by molar-refractivity contribution is -0.116. The van der Waals surface area contributed by atoms with Gasteiger partial charge in [0.1, 0.15) is 5.75 Å². The van der Waals surface area contributed by atoms with Gasteiger partial charge in [0.2, 0.25) is 15.9 Å². The quantitative estimate of drug-likeness (QED) is 0.471. The van der Waals surface area contributed by atoms with Crippen LogP contribution in [0.1, 0.15) is 44.9 Å². The first kappa shape index (κ1) is 22.7. The molecular formula is C22H32N4O5S. The Balaban J connectivity index is 1.23. The zero-order chi connectivity index (χ0) is 22.9. The fourth-order valence-electron chi connectivity index (χ4n) is 6.11. The maximum absolute atomic E-state index is 12.5. The van der Waals surface area contributed by atoms with Crippen molar-refractivity contribution in [3.8, 4) is 5.75 Å². The Labute approximate surface area is 189 Å². The van der Waals surface area contributed by atoms with Crippen molar-refractivity contribution in [1.29, 1.82) is 0 Å². The molecule has 1 aromatic rings. The first-order valence-corrected chi connectivity index (χ1v) is 13.0. The van der Waals surface area contributed by atoms with Crippen LogP contribution in [0.3, 0.4) is 0 Å². The number of sulfonamides is 1. The summed E-state index contributed by atoms with van der Waals surface area (Å²) in [4.78, 5) is 24.8. The average molecular weight is 465 g/mol. The fourth-order valence-corrected chi connectivity index (χ4v) is 6.68. The van der Waals surface area contributed by atoms with E-state index in [1.807, 2.05) is 0 Å². The minimum absolute atomic E-state index is 0.0562. The topological polar surface area (TPSA) is 126 Å². The third-order valence-corrected chi connectivity index (χ3v) is 7.43. The standard InChI is InChI=1S/C22H32N4O5S/c1-31-19-10-17(3-4-18(19)26-32(2,29)30)24-20(27)5-6-23-21(28)25-22-11-14-7-15(12-22)9-16(8-14)13-22/h3-4,10,14-16,26H,5-9,11-13H2,1-2H3,(H,24,27)(H2,23,25,28). The summed E-state index contributed by atoms with van der Waals surface area (Å²) in [5, 5.41) is 8.79. The maximum Gasteiger partial charge on any atom is 0.315 e. The Bertz CT molecular complexity index is 959. The summed E-state index contributed by atoms with van der Waals surface area (Å²) in [6, 6.07) is 4.45. The van der Waals surface area contributed by atoms with E-state index in [-0.39, 0.29) is 36.1 Å². The van der Waals surface area contributed by atoms with Gasteiger partial charge in [-0.15, -0.1) is 0 Å². The highest BCUT2D eigenvalue weighted by molar-refractivity contribution is 7.92. The Morgan fingerprint density at radius 2 is 1.72 bits per heavy atom. The summed E-state index contributed by atoms with van der Waals surface area (Å²) in [7, 11) is -2.03. The second kappa shape index (κ2) is 8.80. The van der Waals surface area contributed by atoms with E-state index in [0.717, 1.165) is 43.3 Å². The Morgan fingerprint density at radius 3 is 2.28 bits per heavy atom. The molecule has 4 fully saturated rings. The van der Waals surface area contributed by atoms with Crippen molar-refractivity contribution in [2.45, 2.75) is 50.5 Å². The molecule has 1 aromatic carbocycles. The molecule has 10 heteroatoms. The third-order valence-electron chi connectivity index (χ3n) is 6.84. The Hall–Kier alpha value is -2.49. The van der Waals surface area contributed by atoms with Gasteiger partial charge in [-0.25, -0.2) is 13.2 Å². The van der Waals surface area contributed by atoms with Crippen molar-refractivity contribution < 1.29 is 22.7 Å². The lowest BCUT2D eigenvalue weighted by Crippen LogP contribution is -2.61. The van der Waals surface area contributed by atoms with Gasteiger partial charge in [-0.05, 0) is 68.4 Å². The Kier molecular flexibility index (Phi) is 6.24. The van der Waals surface area contributed by atoms with Crippen LogP contribution in [0.15, 0.2) is 18.2 Å². The molecule has 0 atom stereocenters. The molecule has 0 aromatic heterocycles. The van der Waals surface area contributed by atoms with Crippen molar-refractivity contribution in [2.75, 3.05) is 29.9 Å². The summed E-state index contributed by atoms with van der Waals surface area (Å²) in [6.45, 7) is 0.231. The molecule has 4 aliphatic rings. The first-order chi connectivity index (χ1) is 15.1. The van der Waals surface area contributed by atoms with Crippen LogP contribution in [0.25, 0.3) is 0 Å². The maximum atomic E-state index is 12.5. The van der Waals surface area contributed by atoms with Crippen LogP contribution in [-0.4, -0.2) is 45.8 Å². The van der Waals surface area contributed by atoms with Crippen molar-refractivity contribution in [3.05, 3.63) is 18.2 Å². The van der Waals surface area contributed by atoms with Gasteiger partial charge in [0.25, 0.3) is 0 Å². The van der Waals surface area contributed by atoms with Crippen molar-refractivity contribution in [2.24, 2.45) is 17.8 Å². The normalized spacial score (nSPS) is 28.1. The zero-order valence-corrected chi connectivity index (χ0v) is 19.4. The molecule has 3 amide bonds. The number of carbonyl (C=O) groups is 2. The fraction of sp³-hybridized carbons (Fsp3) is 0.636. The number of ether oxygens (including phenoxy) is 1. The molecule has 4 bridgehead atoms. The third kappa shape index (κ3) is 5.46. The molecule has 4 saturated carbocycles. The molecule has 176 valence electrons. The number of carbonyl (C=O) groups excluding carboxylic acids is 2. The van der Waals surface area contributed by atoms with Gasteiger partial charge in [-0.1, -0.05) is 0 Å². The molecule has 0 heterocycles.